The first-order valence-electron chi connectivity index (χ1n) is 6.69. The lowest BCUT2D eigenvalue weighted by atomic mass is 9.84. The van der Waals surface area contributed by atoms with Crippen molar-refractivity contribution in [2.75, 3.05) is 26.3 Å². The zero-order valence-corrected chi connectivity index (χ0v) is 12.1. The lowest BCUT2D eigenvalue weighted by Gasteiger charge is -2.23. The van der Waals surface area contributed by atoms with Gasteiger partial charge in [0.15, 0.2) is 0 Å². The van der Waals surface area contributed by atoms with E-state index in [2.05, 4.69) is 10.1 Å². The maximum Gasteiger partial charge on any atom is 0.411 e. The first kappa shape index (κ1) is 19.2. The number of alkyl halides is 3. The summed E-state index contributed by atoms with van der Waals surface area (Å²) in [5.74, 6) is -0.798. The molecule has 0 amide bonds. The Balaban J connectivity index is 3.45. The number of nitrogens with one attached hydrogen (secondary N) is 1. The van der Waals surface area contributed by atoms with Gasteiger partial charge in [-0.05, 0) is 37.8 Å². The van der Waals surface area contributed by atoms with Gasteiger partial charge < -0.3 is 15.2 Å². The van der Waals surface area contributed by atoms with Crippen LogP contribution in [-0.2, 0) is 9.53 Å². The van der Waals surface area contributed by atoms with E-state index in [-0.39, 0.29) is 18.4 Å². The fourth-order valence-corrected chi connectivity index (χ4v) is 1.61. The van der Waals surface area contributed by atoms with Crippen molar-refractivity contribution in [1.82, 2.24) is 5.32 Å². The molecule has 0 aliphatic rings. The van der Waals surface area contributed by atoms with Crippen LogP contribution in [0.5, 0.6) is 0 Å². The molecular formula is C13H24F3NO3. The summed E-state index contributed by atoms with van der Waals surface area (Å²) >= 11 is 0. The van der Waals surface area contributed by atoms with Gasteiger partial charge >= 0.3 is 12.1 Å². The predicted molar refractivity (Wildman–Crippen MR) is 69.6 cm³/mol. The highest BCUT2D eigenvalue weighted by Crippen LogP contribution is 2.25. The molecule has 0 aromatic heterocycles. The van der Waals surface area contributed by atoms with E-state index in [1.807, 2.05) is 13.8 Å². The first-order valence-corrected chi connectivity index (χ1v) is 6.69. The summed E-state index contributed by atoms with van der Waals surface area (Å²) in [6.45, 7) is 4.19. The van der Waals surface area contributed by atoms with Crippen molar-refractivity contribution in [2.24, 2.45) is 5.41 Å². The number of hydrogen-bond donors (Lipinski definition) is 2. The Morgan fingerprint density at radius 2 is 1.85 bits per heavy atom. The highest BCUT2D eigenvalue weighted by molar-refractivity contribution is 5.66. The van der Waals surface area contributed by atoms with Crippen LogP contribution in [0, 0.1) is 5.41 Å². The number of rotatable bonds is 11. The van der Waals surface area contributed by atoms with Gasteiger partial charge in [-0.15, -0.1) is 0 Å². The molecule has 4 nitrogen and oxygen atoms in total. The van der Waals surface area contributed by atoms with E-state index in [0.717, 1.165) is 6.42 Å². The average molecular weight is 299 g/mol. The number of carbonyl (C=O) groups is 1. The van der Waals surface area contributed by atoms with Gasteiger partial charge in [0.25, 0.3) is 0 Å². The third-order valence-electron chi connectivity index (χ3n) is 2.90. The van der Waals surface area contributed by atoms with Crippen molar-refractivity contribution >= 4 is 5.97 Å². The molecule has 0 aliphatic carbocycles. The molecule has 20 heavy (non-hydrogen) atoms. The van der Waals surface area contributed by atoms with Crippen molar-refractivity contribution in [3.05, 3.63) is 0 Å². The Labute approximate surface area is 117 Å². The first-order chi connectivity index (χ1) is 9.12. The summed E-state index contributed by atoms with van der Waals surface area (Å²) < 4.78 is 39.8. The third-order valence-corrected chi connectivity index (χ3v) is 2.90. The fourth-order valence-electron chi connectivity index (χ4n) is 1.61. The standard InChI is InChI=1S/C13H24F3NO3/c1-12(2,5-4-11(18)19)6-8-17-7-3-9-20-10-13(14,15)16/h17H,3-10H2,1-2H3,(H,18,19). The molecule has 0 spiro atoms. The summed E-state index contributed by atoms with van der Waals surface area (Å²) in [5, 5.41) is 11.7. The Kier molecular flexibility index (Phi) is 8.80. The van der Waals surface area contributed by atoms with E-state index in [9.17, 15) is 18.0 Å². The summed E-state index contributed by atoms with van der Waals surface area (Å²) in [7, 11) is 0. The van der Waals surface area contributed by atoms with Gasteiger partial charge in [-0.1, -0.05) is 13.8 Å². The van der Waals surface area contributed by atoms with Crippen LogP contribution in [0.1, 0.15) is 39.5 Å². The van der Waals surface area contributed by atoms with Gasteiger partial charge in [-0.3, -0.25) is 4.79 Å². The molecule has 0 aromatic rings. The summed E-state index contributed by atoms with van der Waals surface area (Å²) in [5.41, 5.74) is -0.0574. The van der Waals surface area contributed by atoms with Crippen molar-refractivity contribution in [3.8, 4) is 0 Å². The van der Waals surface area contributed by atoms with Crippen molar-refractivity contribution in [2.45, 2.75) is 45.7 Å². The highest BCUT2D eigenvalue weighted by atomic mass is 19.4. The minimum Gasteiger partial charge on any atom is -0.481 e. The van der Waals surface area contributed by atoms with Crippen LogP contribution in [0.25, 0.3) is 0 Å². The molecule has 0 fully saturated rings. The Hall–Kier alpha value is -0.820. The van der Waals surface area contributed by atoms with Crippen molar-refractivity contribution < 1.29 is 27.8 Å². The number of carboxylic acid groups (broad SMARTS) is 1. The van der Waals surface area contributed by atoms with E-state index in [1.165, 1.54) is 0 Å². The third kappa shape index (κ3) is 13.6. The summed E-state index contributed by atoms with van der Waals surface area (Å²) in [4.78, 5) is 10.5. The topological polar surface area (TPSA) is 58.6 Å². The lowest BCUT2D eigenvalue weighted by Crippen LogP contribution is -2.25. The molecule has 0 saturated heterocycles. The maximum absolute atomic E-state index is 11.8. The summed E-state index contributed by atoms with van der Waals surface area (Å²) in [6, 6.07) is 0. The zero-order chi connectivity index (χ0) is 15.6. The molecule has 0 unspecified atom stereocenters. The quantitative estimate of drug-likeness (QED) is 0.576. The van der Waals surface area contributed by atoms with Gasteiger partial charge in [0.2, 0.25) is 0 Å². The molecule has 0 aromatic carbocycles. The van der Waals surface area contributed by atoms with E-state index < -0.39 is 18.8 Å². The van der Waals surface area contributed by atoms with Crippen molar-refractivity contribution in [3.63, 3.8) is 0 Å². The van der Waals surface area contributed by atoms with Gasteiger partial charge in [-0.25, -0.2) is 0 Å². The molecule has 0 rings (SSSR count). The van der Waals surface area contributed by atoms with Crippen LogP contribution < -0.4 is 5.32 Å². The van der Waals surface area contributed by atoms with Crippen LogP contribution in [0.15, 0.2) is 0 Å². The highest BCUT2D eigenvalue weighted by Gasteiger charge is 2.27. The molecule has 0 atom stereocenters. The van der Waals surface area contributed by atoms with E-state index in [1.54, 1.807) is 0 Å². The molecule has 0 heterocycles. The van der Waals surface area contributed by atoms with E-state index in [0.29, 0.717) is 25.9 Å². The number of hydrogen-bond acceptors (Lipinski definition) is 3. The predicted octanol–water partition coefficient (Wildman–Crippen LogP) is 2.83. The minimum absolute atomic E-state index is 0.0574. The van der Waals surface area contributed by atoms with Crippen molar-refractivity contribution in [1.29, 1.82) is 0 Å². The molecule has 0 aliphatic heterocycles. The molecular weight excluding hydrogens is 275 g/mol. The number of aliphatic carboxylic acids is 1. The molecule has 120 valence electrons. The smallest absolute Gasteiger partial charge is 0.411 e. The molecule has 0 radical (unpaired) electrons. The van der Waals surface area contributed by atoms with Crippen LogP contribution in [-0.4, -0.2) is 43.6 Å². The monoisotopic (exact) mass is 299 g/mol. The van der Waals surface area contributed by atoms with Gasteiger partial charge in [0.1, 0.15) is 6.61 Å². The van der Waals surface area contributed by atoms with Crippen LogP contribution in [0.2, 0.25) is 0 Å². The number of halogens is 3. The molecule has 7 heteroatoms. The fraction of sp³-hybridized carbons (Fsp3) is 0.923. The van der Waals surface area contributed by atoms with E-state index in [4.69, 9.17) is 5.11 Å². The number of ether oxygens (including phenoxy) is 1. The van der Waals surface area contributed by atoms with Crippen LogP contribution in [0.3, 0.4) is 0 Å². The van der Waals surface area contributed by atoms with Crippen LogP contribution >= 0.6 is 0 Å². The molecule has 2 N–H and O–H groups in total. The SMILES string of the molecule is CC(C)(CCNCCCOCC(F)(F)F)CCC(=O)O. The summed E-state index contributed by atoms with van der Waals surface area (Å²) in [6.07, 6.45) is -2.16. The largest absolute Gasteiger partial charge is 0.481 e. The van der Waals surface area contributed by atoms with Crippen LogP contribution in [0.4, 0.5) is 13.2 Å². The normalized spacial score (nSPS) is 12.7. The Morgan fingerprint density at radius 3 is 2.40 bits per heavy atom. The second-order valence-corrected chi connectivity index (χ2v) is 5.58. The maximum atomic E-state index is 11.8. The lowest BCUT2D eigenvalue weighted by molar-refractivity contribution is -0.173. The van der Waals surface area contributed by atoms with Gasteiger partial charge in [0.05, 0.1) is 0 Å². The van der Waals surface area contributed by atoms with E-state index >= 15 is 0 Å². The molecule has 0 saturated carbocycles. The minimum atomic E-state index is -4.26. The van der Waals surface area contributed by atoms with Gasteiger partial charge in [-0.2, -0.15) is 13.2 Å². The number of carboxylic acids is 1. The zero-order valence-electron chi connectivity index (χ0n) is 12.1. The second-order valence-electron chi connectivity index (χ2n) is 5.58. The Morgan fingerprint density at radius 1 is 1.20 bits per heavy atom. The second kappa shape index (κ2) is 9.18. The Bertz CT molecular complexity index is 281. The molecule has 0 bridgehead atoms. The van der Waals surface area contributed by atoms with Gasteiger partial charge in [0, 0.05) is 13.0 Å². The average Bonchev–Trinajstić information content (AvgIpc) is 2.29.